The SMILES string of the molecule is CN1CCC2(CC1)CNc1ccccc12.CN1CCC2(CC1)C[N-]c1ccccc12.O=C(Nc1nnc(-c2ccccc2)s1)N1CCC2(CC1)C[N-]c1ccccc12.O=C(Nc1nnc(-c2ccccc2)s1)Oc1ccccc1.[Ac].[Ac].[Ac].c1ccc2c(c1)[N-]CC21CCNCC1. The Morgan fingerprint density at radius 3 is 1.31 bits per heavy atom. The average Bonchev–Trinajstić information content (AvgIpc) is 1.61. The van der Waals surface area contributed by atoms with Crippen LogP contribution < -0.4 is 26.0 Å². The van der Waals surface area contributed by atoms with Crippen molar-refractivity contribution >= 4 is 67.8 Å². The van der Waals surface area contributed by atoms with Gasteiger partial charge in [0, 0.05) is 174 Å². The molecular weight excluding hydrogens is 1880 g/mol. The zero-order valence-corrected chi connectivity index (χ0v) is 70.7. The number of aromatic nitrogens is 4. The second-order valence-electron chi connectivity index (χ2n) is 25.7. The number of amides is 3. The minimum atomic E-state index is -0.586. The van der Waals surface area contributed by atoms with Crippen LogP contribution in [-0.4, -0.2) is 140 Å². The van der Waals surface area contributed by atoms with Crippen LogP contribution in [0.25, 0.3) is 37.1 Å². The molecule has 3 radical (unpaired) electrons. The van der Waals surface area contributed by atoms with E-state index in [0.717, 1.165) is 92.0 Å². The van der Waals surface area contributed by atoms with Gasteiger partial charge in [0.1, 0.15) is 15.8 Å². The second kappa shape index (κ2) is 34.8. The number of hydrogen-bond donors (Lipinski definition) is 4. The Morgan fingerprint density at radius 2 is 0.833 bits per heavy atom. The van der Waals surface area contributed by atoms with Crippen LogP contribution >= 0.6 is 22.7 Å². The summed E-state index contributed by atoms with van der Waals surface area (Å²) in [7, 11) is 4.44. The molecule has 17 nitrogen and oxygen atoms in total. The number of urea groups is 1. The summed E-state index contributed by atoms with van der Waals surface area (Å²) in [6, 6.07) is 62.8. The number of benzene rings is 7. The molecule has 489 valence electrons. The maximum absolute atomic E-state index is 12.7. The van der Waals surface area contributed by atoms with Gasteiger partial charge in [0.2, 0.25) is 10.3 Å². The number of hydrogen-bond acceptors (Lipinski definition) is 13. The molecule has 0 bridgehead atoms. The number of rotatable bonds is 5. The van der Waals surface area contributed by atoms with E-state index in [9.17, 15) is 9.59 Å². The Hall–Kier alpha value is -4.40. The van der Waals surface area contributed by atoms with E-state index >= 15 is 0 Å². The van der Waals surface area contributed by atoms with Crippen molar-refractivity contribution in [3.05, 3.63) is 226 Å². The quantitative estimate of drug-likeness (QED) is 0.128. The van der Waals surface area contributed by atoms with E-state index in [0.29, 0.717) is 32.3 Å². The van der Waals surface area contributed by atoms with Crippen LogP contribution in [0.15, 0.2) is 188 Å². The first-order valence-electron chi connectivity index (χ1n) is 32.7. The first-order valence-corrected chi connectivity index (χ1v) is 34.3. The number of fused-ring (bicyclic) bond motifs is 8. The van der Waals surface area contributed by atoms with E-state index in [2.05, 4.69) is 167 Å². The molecule has 8 aliphatic heterocycles. The van der Waals surface area contributed by atoms with Gasteiger partial charge in [0.05, 0.1) is 0 Å². The smallest absolute Gasteiger partial charge is 0.418 e. The first kappa shape index (κ1) is 74.3. The molecule has 7 aromatic carbocycles. The maximum atomic E-state index is 12.7. The summed E-state index contributed by atoms with van der Waals surface area (Å²) in [6.07, 6.45) is 8.91. The van der Waals surface area contributed by atoms with Crippen molar-refractivity contribution in [2.75, 3.05) is 109 Å². The summed E-state index contributed by atoms with van der Waals surface area (Å²) >= 11 is 2.68. The Morgan fingerprint density at radius 1 is 0.448 bits per heavy atom. The third kappa shape index (κ3) is 17.7. The largest absolute Gasteiger partial charge is 0.683 e. The van der Waals surface area contributed by atoms with Crippen molar-refractivity contribution in [2.24, 2.45) is 0 Å². The predicted octanol–water partition coefficient (Wildman–Crippen LogP) is 15.7. The monoisotopic (exact) mass is 1960 g/mol. The summed E-state index contributed by atoms with van der Waals surface area (Å²) < 4.78 is 5.12. The van der Waals surface area contributed by atoms with Gasteiger partial charge >= 0.3 is 12.1 Å². The average molecular weight is 1960 g/mol. The molecule has 0 aliphatic carbocycles. The molecule has 2 aromatic heterocycles. The van der Waals surface area contributed by atoms with E-state index < -0.39 is 6.09 Å². The molecule has 3 amide bonds. The number of likely N-dealkylation sites (tertiary alicyclic amines) is 3. The van der Waals surface area contributed by atoms with E-state index in [1.54, 1.807) is 29.8 Å². The summed E-state index contributed by atoms with van der Waals surface area (Å²) in [5.41, 5.74) is 14.1. The van der Waals surface area contributed by atoms with Gasteiger partial charge in [-0.05, 0) is 145 Å². The Balaban J connectivity index is 0.000000133. The number of anilines is 3. The fraction of sp³-hybridized carbons (Fsp3) is 0.351. The molecule has 0 atom stereocenters. The molecule has 0 saturated carbocycles. The van der Waals surface area contributed by atoms with Crippen molar-refractivity contribution in [3.8, 4) is 26.9 Å². The summed E-state index contributed by atoms with van der Waals surface area (Å²) in [5, 5.41) is 45.3. The number of nitrogens with one attached hydrogen (secondary N) is 4. The van der Waals surface area contributed by atoms with Crippen molar-refractivity contribution < 1.29 is 147 Å². The van der Waals surface area contributed by atoms with E-state index in [4.69, 9.17) is 10.1 Å². The molecule has 4 saturated heterocycles. The van der Waals surface area contributed by atoms with Crippen LogP contribution in [0.5, 0.6) is 5.75 Å². The molecule has 22 heteroatoms. The molecule has 8 aliphatic rings. The molecule has 4 N–H and O–H groups in total. The normalized spacial score (nSPS) is 18.0. The number of ether oxygens (including phenoxy) is 1. The minimum absolute atomic E-state index is 0. The van der Waals surface area contributed by atoms with Gasteiger partial charge < -0.3 is 46.0 Å². The molecule has 10 heterocycles. The van der Waals surface area contributed by atoms with Crippen molar-refractivity contribution in [2.45, 2.75) is 73.0 Å². The number of carbonyl (C=O) groups excluding carboxylic acids is 2. The fourth-order valence-electron chi connectivity index (χ4n) is 14.3. The number of nitrogens with zero attached hydrogens (tertiary/aromatic N) is 10. The minimum Gasteiger partial charge on any atom is -0.683 e. The number of piperidine rings is 4. The summed E-state index contributed by atoms with van der Waals surface area (Å²) in [5.74, 6) is 0.475. The molecule has 9 aromatic rings. The number of carbonyl (C=O) groups is 2. The van der Waals surface area contributed by atoms with Crippen LogP contribution in [0, 0.1) is 132 Å². The Labute approximate surface area is 680 Å². The van der Waals surface area contributed by atoms with E-state index in [-0.39, 0.29) is 144 Å². The maximum Gasteiger partial charge on any atom is 0.418 e. The van der Waals surface area contributed by atoms with Gasteiger partial charge in [-0.2, -0.15) is 0 Å². The van der Waals surface area contributed by atoms with Crippen molar-refractivity contribution in [1.82, 2.24) is 40.4 Å². The van der Waals surface area contributed by atoms with Gasteiger partial charge in [0.15, 0.2) is 0 Å². The fourth-order valence-corrected chi connectivity index (χ4v) is 15.8. The van der Waals surface area contributed by atoms with E-state index in [1.807, 2.05) is 77.7 Å². The molecule has 4 fully saturated rings. The third-order valence-corrected chi connectivity index (χ3v) is 21.7. The molecule has 17 rings (SSSR count). The van der Waals surface area contributed by atoms with Crippen LogP contribution in [0.3, 0.4) is 0 Å². The molecular formula is C74H81Ac3N14O3S2-3. The van der Waals surface area contributed by atoms with Gasteiger partial charge in [0.25, 0.3) is 0 Å². The van der Waals surface area contributed by atoms with Crippen molar-refractivity contribution in [1.29, 1.82) is 0 Å². The zero-order chi connectivity index (χ0) is 63.5. The standard InChI is InChI=1S/C21H20N5OS.C15H11N3O2S.C13H18N2.C13H17N2.C12H15N2.3Ac/c27-20(23-19-25-24-18(28-19)15-6-2-1-3-7-15)26-12-10-21(11-13-26)14-22-17-9-5-4-8-16(17)21;19-15(20-12-9-5-2-6-10-12)16-14-18-17-13(21-14)11-7-3-1-4-8-11;2*1-15-8-6-13(7-9-15)10-14-12-5-3-2-4-11(12)13;1-2-4-11-10(3-1)12(9-14-11)5-7-13-8-6-12;;;/h1-9H,10-14H2,(H,23,25,27);1-10H,(H,16,18,19);2-5,14H,6-10H2,1H3;2-5H,6-10H2,1H3;1-4,13H,5-9H2;;;/q-1;;;2*-1;;;. The summed E-state index contributed by atoms with van der Waals surface area (Å²) in [4.78, 5) is 31.2. The zero-order valence-electron chi connectivity index (χ0n) is 54.8. The van der Waals surface area contributed by atoms with Gasteiger partial charge in [-0.3, -0.25) is 10.6 Å². The van der Waals surface area contributed by atoms with Crippen LogP contribution in [0.4, 0.5) is 42.6 Å². The first-order chi connectivity index (χ1) is 45.6. The topological polar surface area (TPSA) is 195 Å². The Bertz CT molecular complexity index is 3870. The van der Waals surface area contributed by atoms with Gasteiger partial charge in [-0.15, -0.1) is 57.1 Å². The van der Waals surface area contributed by atoms with Crippen molar-refractivity contribution in [3.63, 3.8) is 0 Å². The van der Waals surface area contributed by atoms with Crippen LogP contribution in [0.2, 0.25) is 0 Å². The molecule has 4 spiro atoms. The van der Waals surface area contributed by atoms with Crippen LogP contribution in [0.1, 0.15) is 73.6 Å². The van der Waals surface area contributed by atoms with Crippen LogP contribution in [-0.2, 0) is 21.7 Å². The second-order valence-corrected chi connectivity index (χ2v) is 27.6. The predicted molar refractivity (Wildman–Crippen MR) is 377 cm³/mol. The number of para-hydroxylation sites is 5. The van der Waals surface area contributed by atoms with E-state index in [1.165, 1.54) is 121 Å². The van der Waals surface area contributed by atoms with Gasteiger partial charge in [-0.1, -0.05) is 209 Å². The van der Waals surface area contributed by atoms with Gasteiger partial charge in [-0.25, -0.2) is 9.59 Å². The molecule has 0 unspecified atom stereocenters. The summed E-state index contributed by atoms with van der Waals surface area (Å²) in [6.45, 7) is 12.6. The third-order valence-electron chi connectivity index (χ3n) is 19.9. The Kier molecular flexibility index (Phi) is 26.9. The molecule has 96 heavy (non-hydrogen) atoms.